The SMILES string of the molecule is CN[C@H](CC(C)C)C(=O)C[C@H]1C(=O)N[C@@H](CC(N)=O)C(=O)C[C@H]2C(=O)N[C@H]3C(=O)C[C@H](C(=O)N[C@H](C(=O)O)c4cc(O)cc(O)c4-c4cc3ccc4O)[C@H](O)c3ccc(c(Cl)c3)Oc3cc2cc(c3O[C@@H]2OC(CO)=C(O)[C@H](O)[C@H]2O[C@H]2C[C@](C)(N)[C@H](O)[C@H](C)O2)Oc2ccc(cc2Cl)[C@H]1O. The third-order valence-corrected chi connectivity index (χ3v) is 19.0. The highest BCUT2D eigenvalue weighted by atomic mass is 35.5. The van der Waals surface area contributed by atoms with Gasteiger partial charge in [-0.15, -0.1) is 0 Å². The maximum Gasteiger partial charge on any atom is 0.330 e. The third kappa shape index (κ3) is 15.8. The number of Topliss-reactive ketones (excluding diaryl/α,β-unsaturated/α-hetero) is 3. The number of nitrogens with one attached hydrogen (secondary N) is 4. The average molecular weight is 1440 g/mol. The molecule has 30 nitrogen and oxygen atoms in total. The van der Waals surface area contributed by atoms with Crippen molar-refractivity contribution in [1.29, 1.82) is 0 Å². The number of halogens is 2. The number of hydrogen-bond donors (Lipinski definition) is 16. The van der Waals surface area contributed by atoms with Crippen molar-refractivity contribution in [2.75, 3.05) is 13.7 Å². The number of aliphatic hydroxyl groups is 6. The van der Waals surface area contributed by atoms with E-state index in [1.54, 1.807) is 0 Å². The van der Waals surface area contributed by atoms with E-state index in [-0.39, 0.29) is 57.5 Å². The van der Waals surface area contributed by atoms with Crippen LogP contribution in [0.1, 0.15) is 124 Å². The molecule has 7 aliphatic heterocycles. The summed E-state index contributed by atoms with van der Waals surface area (Å²) in [6.45, 7) is 5.63. The number of rotatable bonds is 14. The van der Waals surface area contributed by atoms with Crippen molar-refractivity contribution >= 4 is 70.1 Å². The maximum atomic E-state index is 16.1. The lowest BCUT2D eigenvalue weighted by atomic mass is 9.84. The minimum atomic E-state index is -2.20. The number of aliphatic hydroxyl groups excluding tert-OH is 6. The largest absolute Gasteiger partial charge is 0.508 e. The zero-order valence-corrected chi connectivity index (χ0v) is 56.3. The quantitative estimate of drug-likeness (QED) is 0.0740. The lowest BCUT2D eigenvalue weighted by Crippen LogP contribution is -2.61. The van der Waals surface area contributed by atoms with Crippen molar-refractivity contribution in [1.82, 2.24) is 21.3 Å². The second-order valence-electron chi connectivity index (χ2n) is 26.3. The Morgan fingerprint density at radius 1 is 0.743 bits per heavy atom. The number of benzene rings is 5. The van der Waals surface area contributed by atoms with Crippen LogP contribution in [0.2, 0.25) is 10.0 Å². The topological polar surface area (TPSA) is 494 Å². The van der Waals surface area contributed by atoms with E-state index in [1.807, 2.05) is 13.8 Å². The Morgan fingerprint density at radius 3 is 1.96 bits per heavy atom. The molecule has 32 heteroatoms. The van der Waals surface area contributed by atoms with Gasteiger partial charge in [0.15, 0.2) is 58.8 Å². The molecule has 0 aliphatic carbocycles. The number of aliphatic carboxylic acids is 1. The van der Waals surface area contributed by atoms with Crippen LogP contribution in [-0.4, -0.2) is 166 Å². The van der Waals surface area contributed by atoms with Crippen molar-refractivity contribution in [2.45, 2.75) is 151 Å². The first-order valence-electron chi connectivity index (χ1n) is 32.0. The van der Waals surface area contributed by atoms with Gasteiger partial charge in [0.05, 0.1) is 70.7 Å². The number of fused-ring (bicyclic) bond motifs is 15. The number of amides is 4. The Balaban J connectivity index is 1.24. The summed E-state index contributed by atoms with van der Waals surface area (Å²) >= 11 is 14.2. The lowest BCUT2D eigenvalue weighted by molar-refractivity contribution is -0.294. The van der Waals surface area contributed by atoms with Crippen LogP contribution in [-0.2, 0) is 52.6 Å². The summed E-state index contributed by atoms with van der Waals surface area (Å²) in [6, 6.07) is 7.15. The van der Waals surface area contributed by atoms with Crippen LogP contribution in [0.25, 0.3) is 11.1 Å². The molecule has 18 N–H and O–H groups in total. The first-order chi connectivity index (χ1) is 47.7. The fourth-order valence-corrected chi connectivity index (χ4v) is 13.5. The number of ketones is 3. The molecule has 1 saturated heterocycles. The highest BCUT2D eigenvalue weighted by Gasteiger charge is 2.50. The van der Waals surface area contributed by atoms with Crippen LogP contribution >= 0.6 is 23.2 Å². The number of carbonyl (C=O) groups excluding carboxylic acids is 7. The first kappa shape index (κ1) is 74.5. The standard InChI is InChI=1S/C69H76Cl2N6O24/c1-26(2)12-40(74-5)43(81)21-36-57(86)29-7-10-47(38(70)14-29)97-49-16-31-17-50(61(49)101-68-62(60(89)59(88)51(25-78)99-68)100-53-24-69(4,73)63(90)27(3)96-53)98-48-11-8-30(15-39(48)71)58(87)37-22-46(84)55(76-64(91)33(31)20-44(82)41(23-52(72)85)75-65(36)92)28-6-9-42(80)34(13-28)54-35(18-32(79)19-45(54)83)56(67(94)95)77-66(37)93/h6-11,13-19,26-27,33,36-37,40-41,53,55-58,60,62-63,68,74,78-80,83,86-90H,12,20-25,73H2,1-5H3,(H2,72,85)(H,75,92)(H,76,91)(H,77,93)(H,94,95)/t27-,33+,36+,37-,40+,41-,53-,55+,56-,57+,58+,60-,62+,63+,68-,69-/m0/s1. The smallest absolute Gasteiger partial charge is 0.330 e. The van der Waals surface area contributed by atoms with Crippen LogP contribution in [0, 0.1) is 17.8 Å². The third-order valence-electron chi connectivity index (χ3n) is 18.4. The zero-order chi connectivity index (χ0) is 73.5. The number of primary amides is 1. The molecule has 5 aromatic carbocycles. The van der Waals surface area contributed by atoms with E-state index in [1.165, 1.54) is 45.2 Å². The summed E-state index contributed by atoms with van der Waals surface area (Å²) in [7, 11) is 1.52. The summed E-state index contributed by atoms with van der Waals surface area (Å²) < 4.78 is 38.3. The van der Waals surface area contributed by atoms with Crippen molar-refractivity contribution in [2.24, 2.45) is 29.2 Å². The van der Waals surface area contributed by atoms with Gasteiger partial charge in [0.1, 0.15) is 47.5 Å². The molecule has 0 radical (unpaired) electrons. The zero-order valence-electron chi connectivity index (χ0n) is 54.8. The molecule has 540 valence electrons. The molecule has 4 amide bonds. The van der Waals surface area contributed by atoms with Gasteiger partial charge in [-0.1, -0.05) is 55.2 Å². The number of carboxylic acid groups (broad SMARTS) is 1. The number of likely N-dealkylation sites (N-methyl/N-ethyl adjacent to an activating group) is 1. The van der Waals surface area contributed by atoms with E-state index < -0.39 is 244 Å². The highest BCUT2D eigenvalue weighted by molar-refractivity contribution is 6.32. The molecule has 7 heterocycles. The Kier molecular flexibility index (Phi) is 22.3. The summed E-state index contributed by atoms with van der Waals surface area (Å²) in [5, 5.41) is 124. The van der Waals surface area contributed by atoms with E-state index in [0.717, 1.165) is 54.6 Å². The molecule has 1 fully saturated rings. The fourth-order valence-electron chi connectivity index (χ4n) is 13.1. The van der Waals surface area contributed by atoms with Crippen LogP contribution in [0.3, 0.4) is 0 Å². The second kappa shape index (κ2) is 30.2. The number of phenols is 3. The van der Waals surface area contributed by atoms with Crippen LogP contribution in [0.4, 0.5) is 0 Å². The summed E-state index contributed by atoms with van der Waals surface area (Å²) in [5.41, 5.74) is 8.55. The molecule has 0 unspecified atom stereocenters. The predicted octanol–water partition coefficient (Wildman–Crippen LogP) is 4.21. The van der Waals surface area contributed by atoms with Gasteiger partial charge in [-0.2, -0.15) is 0 Å². The Morgan fingerprint density at radius 2 is 1.38 bits per heavy atom. The summed E-state index contributed by atoms with van der Waals surface area (Å²) in [6.07, 6.45) is -17.6. The molecule has 0 saturated carbocycles. The average Bonchev–Trinajstić information content (AvgIpc) is 0.775. The Bertz CT molecular complexity index is 4150. The predicted molar refractivity (Wildman–Crippen MR) is 353 cm³/mol. The number of carboxylic acids is 1. The minimum absolute atomic E-state index is 0.0478. The van der Waals surface area contributed by atoms with Gasteiger partial charge in [-0.25, -0.2) is 4.79 Å². The van der Waals surface area contributed by atoms with Gasteiger partial charge in [0.2, 0.25) is 29.4 Å². The molecule has 101 heavy (non-hydrogen) atoms. The van der Waals surface area contributed by atoms with Crippen LogP contribution < -0.4 is 46.9 Å². The maximum absolute atomic E-state index is 16.1. The molecular formula is C69H76Cl2N6O24. The highest BCUT2D eigenvalue weighted by Crippen LogP contribution is 2.51. The number of hydrogen-bond acceptors (Lipinski definition) is 25. The van der Waals surface area contributed by atoms with E-state index >= 15 is 14.4 Å². The van der Waals surface area contributed by atoms with E-state index in [2.05, 4.69) is 21.3 Å². The molecule has 12 rings (SSSR count). The summed E-state index contributed by atoms with van der Waals surface area (Å²) in [5.74, 6) is -21.7. The van der Waals surface area contributed by atoms with Gasteiger partial charge < -0.3 is 112 Å². The van der Waals surface area contributed by atoms with Gasteiger partial charge >= 0.3 is 5.97 Å². The molecule has 0 aromatic heterocycles. The molecule has 7 aliphatic rings. The number of phenolic OH excluding ortho intramolecular Hbond substituents is 3. The van der Waals surface area contributed by atoms with Gasteiger partial charge in [0, 0.05) is 54.0 Å². The van der Waals surface area contributed by atoms with Crippen molar-refractivity contribution < 1.29 is 118 Å². The van der Waals surface area contributed by atoms with Gasteiger partial charge in [-0.3, -0.25) is 33.6 Å². The van der Waals surface area contributed by atoms with Crippen molar-refractivity contribution in [3.8, 4) is 57.1 Å². The molecule has 0 spiro atoms. The van der Waals surface area contributed by atoms with E-state index in [9.17, 15) is 75.0 Å². The normalized spacial score (nSPS) is 28.1. The number of carbonyl (C=O) groups is 8. The number of ether oxygens (including phenoxy) is 6. The lowest BCUT2D eigenvalue weighted by Gasteiger charge is -2.45. The molecule has 11 bridgehead atoms. The van der Waals surface area contributed by atoms with Gasteiger partial charge in [0.25, 0.3) is 6.29 Å². The monoisotopic (exact) mass is 1440 g/mol. The van der Waals surface area contributed by atoms with Crippen molar-refractivity contribution in [3.63, 3.8) is 0 Å². The van der Waals surface area contributed by atoms with Crippen LogP contribution in [0.15, 0.2) is 90.4 Å². The molecular weight excluding hydrogens is 1370 g/mol. The first-order valence-corrected chi connectivity index (χ1v) is 32.8. The van der Waals surface area contributed by atoms with Gasteiger partial charge in [-0.05, 0) is 110 Å². The minimum Gasteiger partial charge on any atom is -0.508 e. The second-order valence-corrected chi connectivity index (χ2v) is 27.1. The van der Waals surface area contributed by atoms with E-state index in [0.29, 0.717) is 0 Å². The molecule has 16 atom stereocenters. The number of nitrogens with two attached hydrogens (primary N) is 2. The summed E-state index contributed by atoms with van der Waals surface area (Å²) in [4.78, 5) is 118. The van der Waals surface area contributed by atoms with Crippen molar-refractivity contribution in [3.05, 3.63) is 128 Å². The molecule has 5 aromatic rings. The number of aromatic hydroxyl groups is 3. The Labute approximate surface area is 586 Å². The Hall–Kier alpha value is -9.18. The van der Waals surface area contributed by atoms with E-state index in [4.69, 9.17) is 63.1 Å². The van der Waals surface area contributed by atoms with Crippen LogP contribution in [0.5, 0.6) is 46.0 Å². The fraction of sp³-hybridized carbons (Fsp3) is 0.420.